The summed E-state index contributed by atoms with van der Waals surface area (Å²) in [6.07, 6.45) is 9.89. The molecule has 42 heavy (non-hydrogen) atoms. The second-order valence-electron chi connectivity index (χ2n) is 11.9. The van der Waals surface area contributed by atoms with Crippen LogP contribution >= 0.6 is 11.3 Å². The Morgan fingerprint density at radius 3 is 2.83 bits per heavy atom. The lowest BCUT2D eigenvalue weighted by molar-refractivity contribution is -0.116. The Kier molecular flexibility index (Phi) is 6.94. The molecule has 218 valence electrons. The van der Waals surface area contributed by atoms with Crippen LogP contribution in [0.4, 0.5) is 16.7 Å². The van der Waals surface area contributed by atoms with E-state index < -0.39 is 6.17 Å². The number of rotatable bonds is 6. The number of amides is 1. The van der Waals surface area contributed by atoms with Crippen LogP contribution in [-0.4, -0.2) is 58.8 Å². The number of nitrogens with one attached hydrogen (secondary N) is 2. The van der Waals surface area contributed by atoms with E-state index in [1.165, 1.54) is 6.42 Å². The maximum absolute atomic E-state index is 13.4. The Morgan fingerprint density at radius 2 is 2.05 bits per heavy atom. The summed E-state index contributed by atoms with van der Waals surface area (Å²) < 4.78 is 11.9. The van der Waals surface area contributed by atoms with Gasteiger partial charge in [-0.05, 0) is 43.7 Å². The fraction of sp³-hybridized carbons (Fsp3) is 0.452. The van der Waals surface area contributed by atoms with Gasteiger partial charge < -0.3 is 24.7 Å². The number of benzene rings is 1. The van der Waals surface area contributed by atoms with Gasteiger partial charge in [-0.2, -0.15) is 0 Å². The number of aromatic nitrogens is 3. The molecule has 1 saturated heterocycles. The summed E-state index contributed by atoms with van der Waals surface area (Å²) in [6.45, 7) is 8.70. The standard InChI is InChI=1S/C31H35N7O3S/c1-18-8-6-9-20(16-18)23-21-10-4-5-11-22(21)32-26(39)25(33-23)35-30-37-36-27(41-30)24-28(38-14-15-40-17-19(38)2)42-29(34-24)31(3)12-7-13-31/h4-6,9-11,16,18-19,25H,7-8,12-15,17H2,1-3H3,(H,32,39)(H,35,37)/t18?,19-,25-/m1/s1. The van der Waals surface area contributed by atoms with E-state index in [1.54, 1.807) is 11.3 Å². The van der Waals surface area contributed by atoms with E-state index in [1.807, 2.05) is 24.3 Å². The number of anilines is 3. The Hall–Kier alpha value is -3.83. The molecule has 2 N–H and O–H groups in total. The average molecular weight is 586 g/mol. The van der Waals surface area contributed by atoms with Crippen molar-refractivity contribution < 1.29 is 13.9 Å². The minimum absolute atomic E-state index is 0.0760. The predicted molar refractivity (Wildman–Crippen MR) is 164 cm³/mol. The van der Waals surface area contributed by atoms with E-state index >= 15 is 0 Å². The molecule has 3 aromatic rings. The van der Waals surface area contributed by atoms with Gasteiger partial charge in [-0.1, -0.05) is 61.8 Å². The van der Waals surface area contributed by atoms with Crippen LogP contribution in [0.25, 0.3) is 11.6 Å². The van der Waals surface area contributed by atoms with Crippen LogP contribution in [0.3, 0.4) is 0 Å². The van der Waals surface area contributed by atoms with Gasteiger partial charge in [-0.3, -0.25) is 4.79 Å². The number of benzodiazepines with no additional fused rings is 1. The average Bonchev–Trinajstić information content (AvgIpc) is 3.59. The third-order valence-corrected chi connectivity index (χ3v) is 9.99. The van der Waals surface area contributed by atoms with E-state index in [2.05, 4.69) is 64.7 Å². The first-order valence-corrected chi connectivity index (χ1v) is 15.5. The fourth-order valence-corrected chi connectivity index (χ4v) is 7.32. The smallest absolute Gasteiger partial charge is 0.317 e. The zero-order valence-electron chi connectivity index (χ0n) is 24.1. The molecule has 0 bridgehead atoms. The normalized spacial score (nSPS) is 25.1. The van der Waals surface area contributed by atoms with Crippen molar-refractivity contribution in [1.82, 2.24) is 15.2 Å². The maximum Gasteiger partial charge on any atom is 0.317 e. The van der Waals surface area contributed by atoms with Crippen LogP contribution in [0.15, 0.2) is 57.5 Å². The molecule has 3 atom stereocenters. The molecule has 2 aliphatic carbocycles. The van der Waals surface area contributed by atoms with E-state index in [9.17, 15) is 4.79 Å². The molecule has 1 saturated carbocycles. The first kappa shape index (κ1) is 27.0. The summed E-state index contributed by atoms with van der Waals surface area (Å²) in [5.74, 6) is 0.400. The van der Waals surface area contributed by atoms with Crippen LogP contribution < -0.4 is 15.5 Å². The second kappa shape index (κ2) is 10.8. The van der Waals surface area contributed by atoms with Crippen LogP contribution in [0.5, 0.6) is 0 Å². The van der Waals surface area contributed by atoms with Crippen LogP contribution in [-0.2, 0) is 14.9 Å². The molecular formula is C31H35N7O3S. The van der Waals surface area contributed by atoms with Crippen molar-refractivity contribution in [2.45, 2.75) is 64.1 Å². The minimum atomic E-state index is -0.967. The first-order valence-electron chi connectivity index (χ1n) is 14.7. The highest BCUT2D eigenvalue weighted by atomic mass is 32.1. The number of morpholine rings is 1. The molecule has 7 rings (SSSR count). The number of carbonyl (C=O) groups excluding carboxylic acids is 1. The van der Waals surface area contributed by atoms with E-state index in [0.29, 0.717) is 36.4 Å². The van der Waals surface area contributed by atoms with Crippen molar-refractivity contribution in [2.24, 2.45) is 10.9 Å². The zero-order valence-corrected chi connectivity index (χ0v) is 24.9. The van der Waals surface area contributed by atoms with E-state index in [0.717, 1.165) is 52.7 Å². The molecule has 1 aromatic carbocycles. The van der Waals surface area contributed by atoms with Crippen molar-refractivity contribution in [3.05, 3.63) is 58.6 Å². The molecule has 2 aliphatic heterocycles. The lowest BCUT2D eigenvalue weighted by atomic mass is 9.71. The number of allylic oxidation sites excluding steroid dienone is 4. The number of fused-ring (bicyclic) bond motifs is 1. The summed E-state index contributed by atoms with van der Waals surface area (Å²) in [5.41, 5.74) is 4.08. The quantitative estimate of drug-likeness (QED) is 0.386. The third-order valence-electron chi connectivity index (χ3n) is 8.59. The maximum atomic E-state index is 13.4. The summed E-state index contributed by atoms with van der Waals surface area (Å²) >= 11 is 1.72. The molecule has 11 heteroatoms. The van der Waals surface area contributed by atoms with Crippen molar-refractivity contribution in [2.75, 3.05) is 35.3 Å². The number of nitrogens with zero attached hydrogens (tertiary/aromatic N) is 5. The monoisotopic (exact) mass is 585 g/mol. The van der Waals surface area contributed by atoms with Gasteiger partial charge in [0, 0.05) is 17.5 Å². The molecule has 1 unspecified atom stereocenters. The molecule has 1 amide bonds. The van der Waals surface area contributed by atoms with Crippen molar-refractivity contribution in [3.8, 4) is 11.6 Å². The van der Waals surface area contributed by atoms with Crippen molar-refractivity contribution in [3.63, 3.8) is 0 Å². The topological polar surface area (TPSA) is 118 Å². The Morgan fingerprint density at radius 1 is 1.19 bits per heavy atom. The highest BCUT2D eigenvalue weighted by Gasteiger charge is 2.39. The molecule has 10 nitrogen and oxygen atoms in total. The first-order chi connectivity index (χ1) is 20.4. The summed E-state index contributed by atoms with van der Waals surface area (Å²) in [6, 6.07) is 8.05. The minimum Gasteiger partial charge on any atom is -0.402 e. The number of carbonyl (C=O) groups is 1. The van der Waals surface area contributed by atoms with Gasteiger partial charge >= 0.3 is 6.01 Å². The summed E-state index contributed by atoms with van der Waals surface area (Å²) in [5, 5.41) is 16.9. The SMILES string of the molecule is CC1C=C(C2=N[C@H](Nc3nnc(-c4nc(C5(C)CCC5)sc4N4CCOC[C@H]4C)o3)C(=O)Nc3ccccc32)C=CC1. The van der Waals surface area contributed by atoms with Gasteiger partial charge in [0.05, 0.1) is 30.7 Å². The fourth-order valence-electron chi connectivity index (χ4n) is 5.93. The molecular weight excluding hydrogens is 550 g/mol. The second-order valence-corrected chi connectivity index (χ2v) is 12.9. The lowest BCUT2D eigenvalue weighted by Gasteiger charge is -2.36. The number of thiazole rings is 1. The van der Waals surface area contributed by atoms with Gasteiger partial charge in [-0.25, -0.2) is 9.98 Å². The zero-order chi connectivity index (χ0) is 28.8. The third kappa shape index (κ3) is 4.94. The molecule has 2 fully saturated rings. The van der Waals surface area contributed by atoms with Gasteiger partial charge in [-0.15, -0.1) is 16.4 Å². The number of hydrogen-bond acceptors (Lipinski definition) is 10. The van der Waals surface area contributed by atoms with Crippen LogP contribution in [0, 0.1) is 5.92 Å². The predicted octanol–water partition coefficient (Wildman–Crippen LogP) is 5.56. The van der Waals surface area contributed by atoms with Crippen LogP contribution in [0.1, 0.15) is 57.0 Å². The highest BCUT2D eigenvalue weighted by molar-refractivity contribution is 7.16. The molecule has 0 spiro atoms. The Labute approximate surface area is 249 Å². The van der Waals surface area contributed by atoms with E-state index in [-0.39, 0.29) is 23.4 Å². The number of ether oxygens (including phenoxy) is 1. The molecule has 4 aliphatic rings. The number of para-hydroxylation sites is 1. The molecule has 2 aromatic heterocycles. The number of hydrogen-bond donors (Lipinski definition) is 2. The lowest BCUT2D eigenvalue weighted by Crippen LogP contribution is -2.43. The Bertz CT molecular complexity index is 1600. The molecule has 4 heterocycles. The summed E-state index contributed by atoms with van der Waals surface area (Å²) in [7, 11) is 0. The Balaban J connectivity index is 1.22. The molecule has 0 radical (unpaired) electrons. The van der Waals surface area contributed by atoms with Crippen molar-refractivity contribution in [1.29, 1.82) is 0 Å². The summed E-state index contributed by atoms with van der Waals surface area (Å²) in [4.78, 5) is 25.7. The van der Waals surface area contributed by atoms with Gasteiger partial charge in [0.2, 0.25) is 6.17 Å². The largest absolute Gasteiger partial charge is 0.402 e. The highest BCUT2D eigenvalue weighted by Crippen LogP contribution is 2.49. The van der Waals surface area contributed by atoms with Gasteiger partial charge in [0.25, 0.3) is 11.8 Å². The van der Waals surface area contributed by atoms with E-state index in [4.69, 9.17) is 19.1 Å². The van der Waals surface area contributed by atoms with Gasteiger partial charge in [0.15, 0.2) is 5.69 Å². The number of aliphatic imine (C=N–C) groups is 1. The van der Waals surface area contributed by atoms with Crippen molar-refractivity contribution >= 4 is 39.7 Å². The van der Waals surface area contributed by atoms with Gasteiger partial charge in [0.1, 0.15) is 10.0 Å². The van der Waals surface area contributed by atoms with Crippen LogP contribution in [0.2, 0.25) is 0 Å².